The molecule has 5 nitrogen and oxygen atoms in total. The second-order valence-corrected chi connectivity index (χ2v) is 4.04. The van der Waals surface area contributed by atoms with E-state index in [1.807, 2.05) is 0 Å². The molecule has 15 heavy (non-hydrogen) atoms. The molecular weight excluding hydrogens is 194 g/mol. The van der Waals surface area contributed by atoms with Crippen LogP contribution in [0.2, 0.25) is 0 Å². The summed E-state index contributed by atoms with van der Waals surface area (Å²) in [4.78, 5) is 0. The van der Waals surface area contributed by atoms with Crippen molar-refractivity contribution in [1.29, 1.82) is 0 Å². The second-order valence-electron chi connectivity index (χ2n) is 4.04. The van der Waals surface area contributed by atoms with Gasteiger partial charge < -0.3 is 21.4 Å². The molecule has 1 unspecified atom stereocenters. The fraction of sp³-hybridized carbons (Fsp3) is 0.900. The minimum Gasteiger partial charge on any atom is -0.409 e. The van der Waals surface area contributed by atoms with Gasteiger partial charge in [-0.3, -0.25) is 0 Å². The van der Waals surface area contributed by atoms with Crippen LogP contribution in [-0.2, 0) is 0 Å². The summed E-state index contributed by atoms with van der Waals surface area (Å²) in [5, 5.41) is 23.5. The molecule has 0 aliphatic rings. The summed E-state index contributed by atoms with van der Waals surface area (Å²) in [5.74, 6) is 0.705. The van der Waals surface area contributed by atoms with Crippen LogP contribution in [0, 0.1) is 5.92 Å². The number of nitrogens with zero attached hydrogens (tertiary/aromatic N) is 1. The third-order valence-electron chi connectivity index (χ3n) is 2.40. The van der Waals surface area contributed by atoms with Crippen molar-refractivity contribution in [1.82, 2.24) is 5.32 Å². The minimum absolute atomic E-state index is 0.161. The number of aliphatic hydroxyl groups is 1. The number of hydrogen-bond acceptors (Lipinski definition) is 4. The van der Waals surface area contributed by atoms with Crippen molar-refractivity contribution in [2.75, 3.05) is 13.2 Å². The highest BCUT2D eigenvalue weighted by Gasteiger charge is 2.09. The SMILES string of the molecule is CC(C)C(CO)NCCCCC(N)=NO. The highest BCUT2D eigenvalue weighted by Crippen LogP contribution is 2.01. The molecule has 0 radical (unpaired) electrons. The molecule has 0 bridgehead atoms. The molecule has 90 valence electrons. The molecule has 0 heterocycles. The molecule has 0 aromatic carbocycles. The molecule has 5 heteroatoms. The molecule has 0 aliphatic heterocycles. The van der Waals surface area contributed by atoms with Crippen LogP contribution < -0.4 is 11.1 Å². The number of aliphatic hydroxyl groups excluding tert-OH is 1. The molecule has 1 atom stereocenters. The first-order valence-corrected chi connectivity index (χ1v) is 5.42. The summed E-state index contributed by atoms with van der Waals surface area (Å²) in [6.45, 7) is 5.16. The Bertz CT molecular complexity index is 184. The molecular formula is C10H23N3O2. The van der Waals surface area contributed by atoms with Crippen LogP contribution >= 0.6 is 0 Å². The van der Waals surface area contributed by atoms with Gasteiger partial charge >= 0.3 is 0 Å². The van der Waals surface area contributed by atoms with Gasteiger partial charge in [-0.2, -0.15) is 0 Å². The summed E-state index contributed by atoms with van der Waals surface area (Å²) in [7, 11) is 0. The van der Waals surface area contributed by atoms with Gasteiger partial charge in [0, 0.05) is 12.5 Å². The van der Waals surface area contributed by atoms with E-state index in [0.717, 1.165) is 19.4 Å². The molecule has 0 aromatic heterocycles. The van der Waals surface area contributed by atoms with Gasteiger partial charge in [-0.1, -0.05) is 19.0 Å². The fourth-order valence-electron chi connectivity index (χ4n) is 1.28. The van der Waals surface area contributed by atoms with E-state index in [0.29, 0.717) is 12.3 Å². The van der Waals surface area contributed by atoms with Gasteiger partial charge in [0.2, 0.25) is 0 Å². The van der Waals surface area contributed by atoms with Crippen molar-refractivity contribution in [3.8, 4) is 0 Å². The maximum atomic E-state index is 9.04. The Hall–Kier alpha value is -0.810. The molecule has 0 rings (SSSR count). The summed E-state index contributed by atoms with van der Waals surface area (Å²) in [5.41, 5.74) is 5.33. The van der Waals surface area contributed by atoms with E-state index in [2.05, 4.69) is 24.3 Å². The van der Waals surface area contributed by atoms with Gasteiger partial charge in [-0.25, -0.2) is 0 Å². The number of nitrogens with two attached hydrogens (primary N) is 1. The van der Waals surface area contributed by atoms with Crippen LogP contribution in [0.25, 0.3) is 0 Å². The predicted molar refractivity (Wildman–Crippen MR) is 61.0 cm³/mol. The number of hydrogen-bond donors (Lipinski definition) is 4. The lowest BCUT2D eigenvalue weighted by molar-refractivity contribution is 0.211. The van der Waals surface area contributed by atoms with Crippen molar-refractivity contribution >= 4 is 5.84 Å². The van der Waals surface area contributed by atoms with Crippen LogP contribution in [0.4, 0.5) is 0 Å². The molecule has 0 aliphatic carbocycles. The highest BCUT2D eigenvalue weighted by atomic mass is 16.4. The second kappa shape index (κ2) is 8.49. The predicted octanol–water partition coefficient (Wildman–Crippen LogP) is 0.510. The van der Waals surface area contributed by atoms with E-state index in [1.165, 1.54) is 0 Å². The van der Waals surface area contributed by atoms with Gasteiger partial charge in [0.1, 0.15) is 5.84 Å². The van der Waals surface area contributed by atoms with E-state index >= 15 is 0 Å². The zero-order valence-corrected chi connectivity index (χ0v) is 9.61. The average molecular weight is 217 g/mol. The topological polar surface area (TPSA) is 90.9 Å². The third kappa shape index (κ3) is 7.16. The minimum atomic E-state index is 0.161. The zero-order valence-electron chi connectivity index (χ0n) is 9.61. The van der Waals surface area contributed by atoms with E-state index in [1.54, 1.807) is 0 Å². The smallest absolute Gasteiger partial charge is 0.139 e. The van der Waals surface area contributed by atoms with E-state index < -0.39 is 0 Å². The van der Waals surface area contributed by atoms with Crippen molar-refractivity contribution < 1.29 is 10.3 Å². The van der Waals surface area contributed by atoms with Crippen LogP contribution in [-0.4, -0.2) is 35.3 Å². The van der Waals surface area contributed by atoms with Gasteiger partial charge in [-0.05, 0) is 25.3 Å². The van der Waals surface area contributed by atoms with Crippen LogP contribution in [0.1, 0.15) is 33.1 Å². The molecule has 0 aromatic rings. The molecule has 0 spiro atoms. The molecule has 0 fully saturated rings. The lowest BCUT2D eigenvalue weighted by atomic mass is 10.1. The van der Waals surface area contributed by atoms with Crippen molar-refractivity contribution in [2.45, 2.75) is 39.2 Å². The monoisotopic (exact) mass is 217 g/mol. The third-order valence-corrected chi connectivity index (χ3v) is 2.40. The van der Waals surface area contributed by atoms with E-state index in [-0.39, 0.29) is 18.5 Å². The molecule has 0 amide bonds. The quantitative estimate of drug-likeness (QED) is 0.157. The maximum Gasteiger partial charge on any atom is 0.139 e. The highest BCUT2D eigenvalue weighted by molar-refractivity contribution is 5.79. The Morgan fingerprint density at radius 1 is 1.40 bits per heavy atom. The van der Waals surface area contributed by atoms with Crippen molar-refractivity contribution in [3.63, 3.8) is 0 Å². The van der Waals surface area contributed by atoms with Gasteiger partial charge in [0.25, 0.3) is 0 Å². The van der Waals surface area contributed by atoms with Gasteiger partial charge in [-0.15, -0.1) is 0 Å². The Morgan fingerprint density at radius 3 is 2.53 bits per heavy atom. The Morgan fingerprint density at radius 2 is 2.07 bits per heavy atom. The van der Waals surface area contributed by atoms with Crippen LogP contribution in [0.15, 0.2) is 5.16 Å². The van der Waals surface area contributed by atoms with Crippen LogP contribution in [0.5, 0.6) is 0 Å². The summed E-state index contributed by atoms with van der Waals surface area (Å²) >= 11 is 0. The maximum absolute atomic E-state index is 9.04. The van der Waals surface area contributed by atoms with Crippen LogP contribution in [0.3, 0.4) is 0 Å². The average Bonchev–Trinajstić information content (AvgIpc) is 2.22. The summed E-state index contributed by atoms with van der Waals surface area (Å²) in [6.07, 6.45) is 2.46. The first-order chi connectivity index (χ1) is 7.11. The standard InChI is InChI=1S/C10H23N3O2/c1-8(2)9(7-14)12-6-4-3-5-10(11)13-15/h8-9,12,14-15H,3-7H2,1-2H3,(H2,11,13). The number of nitrogens with one attached hydrogen (secondary N) is 1. The summed E-state index contributed by atoms with van der Waals surface area (Å²) < 4.78 is 0. The first-order valence-electron chi connectivity index (χ1n) is 5.42. The first kappa shape index (κ1) is 14.2. The summed E-state index contributed by atoms with van der Waals surface area (Å²) in [6, 6.07) is 0.161. The number of oxime groups is 1. The number of unbranched alkanes of at least 4 members (excludes halogenated alkanes) is 1. The Balaban J connectivity index is 3.45. The lowest BCUT2D eigenvalue weighted by Crippen LogP contribution is -2.37. The zero-order chi connectivity index (χ0) is 11.7. The van der Waals surface area contributed by atoms with Gasteiger partial charge in [0.15, 0.2) is 0 Å². The Kier molecular flexibility index (Phi) is 8.04. The largest absolute Gasteiger partial charge is 0.409 e. The molecule has 5 N–H and O–H groups in total. The fourth-order valence-corrected chi connectivity index (χ4v) is 1.28. The normalized spacial score (nSPS) is 14.5. The molecule has 0 saturated carbocycles. The molecule has 0 saturated heterocycles. The van der Waals surface area contributed by atoms with E-state index in [9.17, 15) is 0 Å². The van der Waals surface area contributed by atoms with Gasteiger partial charge in [0.05, 0.1) is 6.61 Å². The van der Waals surface area contributed by atoms with Crippen molar-refractivity contribution in [3.05, 3.63) is 0 Å². The number of amidine groups is 1. The van der Waals surface area contributed by atoms with Crippen molar-refractivity contribution in [2.24, 2.45) is 16.8 Å². The van der Waals surface area contributed by atoms with E-state index in [4.69, 9.17) is 16.0 Å². The number of rotatable bonds is 8. The lowest BCUT2D eigenvalue weighted by Gasteiger charge is -2.19. The Labute approximate surface area is 91.4 Å².